The summed E-state index contributed by atoms with van der Waals surface area (Å²) in [5.41, 5.74) is 1.54. The first-order valence-electron chi connectivity index (χ1n) is 9.71. The third-order valence-corrected chi connectivity index (χ3v) is 6.66. The standard InChI is InChI=1S/C22H24N2O6S2/c25-19(11-15-7-3-1-4-8-15)23-17(21(27)28)13-31-32-14-18(22(29)30)24-20(26)12-16-9-5-2-6-10-16/h1-10,17-18H,11-14H2,(H,23,25)(H,24,26)(H,27,28)(H,29,30)/t17-,18-/m1/s1. The lowest BCUT2D eigenvalue weighted by Crippen LogP contribution is -2.44. The third-order valence-electron chi connectivity index (χ3n) is 4.23. The number of carboxylic acid groups (broad SMARTS) is 2. The largest absolute Gasteiger partial charge is 0.480 e. The van der Waals surface area contributed by atoms with Crippen LogP contribution in [0.3, 0.4) is 0 Å². The minimum Gasteiger partial charge on any atom is -0.480 e. The van der Waals surface area contributed by atoms with E-state index in [0.29, 0.717) is 0 Å². The summed E-state index contributed by atoms with van der Waals surface area (Å²) >= 11 is 0. The van der Waals surface area contributed by atoms with Gasteiger partial charge in [-0.25, -0.2) is 9.59 Å². The zero-order valence-corrected chi connectivity index (χ0v) is 18.7. The maximum atomic E-state index is 12.1. The first kappa shape index (κ1) is 25.3. The minimum atomic E-state index is -1.18. The molecule has 0 unspecified atom stereocenters. The summed E-state index contributed by atoms with van der Waals surface area (Å²) in [5.74, 6) is -3.08. The van der Waals surface area contributed by atoms with Crippen molar-refractivity contribution in [2.24, 2.45) is 0 Å². The molecule has 8 nitrogen and oxygen atoms in total. The van der Waals surface area contributed by atoms with Crippen molar-refractivity contribution < 1.29 is 29.4 Å². The molecule has 0 saturated heterocycles. The number of nitrogens with one attached hydrogen (secondary N) is 2. The summed E-state index contributed by atoms with van der Waals surface area (Å²) < 4.78 is 0. The molecule has 170 valence electrons. The van der Waals surface area contributed by atoms with E-state index in [-0.39, 0.29) is 24.3 Å². The van der Waals surface area contributed by atoms with Gasteiger partial charge in [-0.15, -0.1) is 0 Å². The summed E-state index contributed by atoms with van der Waals surface area (Å²) in [6.45, 7) is 0. The van der Waals surface area contributed by atoms with Crippen LogP contribution >= 0.6 is 21.6 Å². The van der Waals surface area contributed by atoms with Gasteiger partial charge in [-0.3, -0.25) is 9.59 Å². The molecule has 0 saturated carbocycles. The Bertz CT molecular complexity index is 836. The number of hydrogen-bond donors (Lipinski definition) is 4. The topological polar surface area (TPSA) is 133 Å². The second-order valence-corrected chi connectivity index (χ2v) is 9.36. The van der Waals surface area contributed by atoms with Gasteiger partial charge in [-0.2, -0.15) is 0 Å². The van der Waals surface area contributed by atoms with E-state index >= 15 is 0 Å². The van der Waals surface area contributed by atoms with Crippen molar-refractivity contribution in [1.29, 1.82) is 0 Å². The summed E-state index contributed by atoms with van der Waals surface area (Å²) in [4.78, 5) is 47.1. The molecule has 0 aliphatic carbocycles. The van der Waals surface area contributed by atoms with Crippen molar-refractivity contribution in [2.45, 2.75) is 24.9 Å². The maximum Gasteiger partial charge on any atom is 0.327 e. The first-order valence-corrected chi connectivity index (χ1v) is 12.2. The van der Waals surface area contributed by atoms with Gasteiger partial charge in [-0.1, -0.05) is 82.3 Å². The number of hydrogen-bond acceptors (Lipinski definition) is 6. The summed E-state index contributed by atoms with van der Waals surface area (Å²) in [7, 11) is 2.24. The fraction of sp³-hybridized carbons (Fsp3) is 0.273. The Morgan fingerprint density at radius 2 is 1.00 bits per heavy atom. The van der Waals surface area contributed by atoms with Crippen LogP contribution in [0.5, 0.6) is 0 Å². The molecule has 0 spiro atoms. The first-order chi connectivity index (χ1) is 15.3. The van der Waals surface area contributed by atoms with Crippen LogP contribution in [0.4, 0.5) is 0 Å². The number of rotatable bonds is 13. The average Bonchev–Trinajstić information content (AvgIpc) is 2.76. The van der Waals surface area contributed by atoms with E-state index in [1.54, 1.807) is 48.5 Å². The normalized spacial score (nSPS) is 12.4. The van der Waals surface area contributed by atoms with E-state index in [4.69, 9.17) is 0 Å². The monoisotopic (exact) mass is 476 g/mol. The van der Waals surface area contributed by atoms with Gasteiger partial charge in [0.15, 0.2) is 0 Å². The van der Waals surface area contributed by atoms with Crippen molar-refractivity contribution in [3.63, 3.8) is 0 Å². The second kappa shape index (κ2) is 13.4. The van der Waals surface area contributed by atoms with Crippen molar-refractivity contribution in [1.82, 2.24) is 10.6 Å². The van der Waals surface area contributed by atoms with Gasteiger partial charge in [0.05, 0.1) is 12.8 Å². The molecular formula is C22H24N2O6S2. The van der Waals surface area contributed by atoms with Crippen LogP contribution < -0.4 is 10.6 Å². The Morgan fingerprint density at radius 3 is 1.31 bits per heavy atom. The minimum absolute atomic E-state index is 0.0465. The van der Waals surface area contributed by atoms with Crippen LogP contribution in [0.2, 0.25) is 0 Å². The van der Waals surface area contributed by atoms with E-state index in [2.05, 4.69) is 10.6 Å². The van der Waals surface area contributed by atoms with E-state index in [0.717, 1.165) is 32.7 Å². The van der Waals surface area contributed by atoms with Crippen molar-refractivity contribution in [2.75, 3.05) is 11.5 Å². The van der Waals surface area contributed by atoms with Gasteiger partial charge in [0.2, 0.25) is 11.8 Å². The molecule has 4 N–H and O–H groups in total. The van der Waals surface area contributed by atoms with Crippen LogP contribution in [0.25, 0.3) is 0 Å². The molecule has 0 radical (unpaired) electrons. The van der Waals surface area contributed by atoms with E-state index in [1.165, 1.54) is 0 Å². The zero-order chi connectivity index (χ0) is 23.3. The fourth-order valence-electron chi connectivity index (χ4n) is 2.63. The van der Waals surface area contributed by atoms with Gasteiger partial charge in [0, 0.05) is 11.5 Å². The highest BCUT2D eigenvalue weighted by Crippen LogP contribution is 2.23. The molecule has 2 amide bonds. The molecule has 32 heavy (non-hydrogen) atoms. The molecule has 2 atom stereocenters. The van der Waals surface area contributed by atoms with Gasteiger partial charge < -0.3 is 20.8 Å². The Labute approximate surface area is 193 Å². The van der Waals surface area contributed by atoms with Crippen LogP contribution in [0.1, 0.15) is 11.1 Å². The van der Waals surface area contributed by atoms with Gasteiger partial charge >= 0.3 is 11.9 Å². The lowest BCUT2D eigenvalue weighted by molar-refractivity contribution is -0.141. The summed E-state index contributed by atoms with van der Waals surface area (Å²) in [6, 6.07) is 15.7. The predicted molar refractivity (Wildman–Crippen MR) is 124 cm³/mol. The highest BCUT2D eigenvalue weighted by Gasteiger charge is 2.23. The number of carbonyl (C=O) groups is 4. The number of carboxylic acids is 2. The third kappa shape index (κ3) is 9.44. The average molecular weight is 477 g/mol. The lowest BCUT2D eigenvalue weighted by atomic mass is 10.1. The molecule has 0 heterocycles. The molecule has 0 aliphatic rings. The van der Waals surface area contributed by atoms with Crippen LogP contribution in [-0.2, 0) is 32.0 Å². The van der Waals surface area contributed by atoms with Gasteiger partial charge in [-0.05, 0) is 11.1 Å². The predicted octanol–water partition coefficient (Wildman–Crippen LogP) is 1.99. The molecule has 2 aromatic carbocycles. The maximum absolute atomic E-state index is 12.1. The fourth-order valence-corrected chi connectivity index (χ4v) is 4.95. The molecule has 10 heteroatoms. The Hall–Kier alpha value is -2.98. The molecule has 2 rings (SSSR count). The number of aliphatic carboxylic acids is 2. The molecular weight excluding hydrogens is 452 g/mol. The summed E-state index contributed by atoms with van der Waals surface area (Å²) in [5, 5.41) is 23.7. The van der Waals surface area contributed by atoms with Crippen molar-refractivity contribution in [3.8, 4) is 0 Å². The zero-order valence-electron chi connectivity index (χ0n) is 17.1. The SMILES string of the molecule is O=C(Cc1ccccc1)N[C@H](CSSC[C@@H](NC(=O)Cc1ccccc1)C(=O)O)C(=O)O. The highest BCUT2D eigenvalue weighted by atomic mass is 33.1. The Balaban J connectivity index is 1.76. The van der Waals surface area contributed by atoms with E-state index in [1.807, 2.05) is 12.1 Å². The number of benzene rings is 2. The summed E-state index contributed by atoms with van der Waals surface area (Å²) in [6.07, 6.45) is 0.133. The van der Waals surface area contributed by atoms with Crippen LogP contribution in [0.15, 0.2) is 60.7 Å². The highest BCUT2D eigenvalue weighted by molar-refractivity contribution is 8.76. The molecule has 0 aliphatic heterocycles. The second-order valence-electron chi connectivity index (χ2n) is 6.81. The van der Waals surface area contributed by atoms with Crippen molar-refractivity contribution in [3.05, 3.63) is 71.8 Å². The number of amides is 2. The van der Waals surface area contributed by atoms with Crippen LogP contribution in [-0.4, -0.2) is 57.6 Å². The molecule has 0 fully saturated rings. The van der Waals surface area contributed by atoms with Gasteiger partial charge in [0.25, 0.3) is 0 Å². The van der Waals surface area contributed by atoms with E-state index < -0.39 is 35.8 Å². The molecule has 0 bridgehead atoms. The number of carbonyl (C=O) groups excluding carboxylic acids is 2. The Morgan fingerprint density at radius 1 is 0.656 bits per heavy atom. The molecule has 2 aromatic rings. The van der Waals surface area contributed by atoms with Crippen LogP contribution in [0, 0.1) is 0 Å². The lowest BCUT2D eigenvalue weighted by Gasteiger charge is -2.16. The quantitative estimate of drug-likeness (QED) is 0.255. The smallest absolute Gasteiger partial charge is 0.327 e. The van der Waals surface area contributed by atoms with Crippen molar-refractivity contribution >= 4 is 45.3 Å². The van der Waals surface area contributed by atoms with Gasteiger partial charge in [0.1, 0.15) is 12.1 Å². The Kier molecular flexibility index (Phi) is 10.6. The van der Waals surface area contributed by atoms with E-state index in [9.17, 15) is 29.4 Å². The molecule has 0 aromatic heterocycles.